The molecule has 1 aromatic heterocycles. The molecule has 21 heavy (non-hydrogen) atoms. The Morgan fingerprint density at radius 2 is 2.00 bits per heavy atom. The monoisotopic (exact) mass is 294 g/mol. The summed E-state index contributed by atoms with van der Waals surface area (Å²) in [5, 5.41) is 13.1. The Kier molecular flexibility index (Phi) is 5.17. The van der Waals surface area contributed by atoms with Crippen LogP contribution in [0.15, 0.2) is 0 Å². The van der Waals surface area contributed by atoms with Crippen LogP contribution >= 0.6 is 0 Å². The van der Waals surface area contributed by atoms with Gasteiger partial charge in [0.05, 0.1) is 6.10 Å². The summed E-state index contributed by atoms with van der Waals surface area (Å²) < 4.78 is 0. The Bertz CT molecular complexity index is 465. The van der Waals surface area contributed by atoms with E-state index in [1.807, 2.05) is 4.90 Å². The van der Waals surface area contributed by atoms with Crippen molar-refractivity contribution in [3.63, 3.8) is 0 Å². The molecule has 0 spiro atoms. The lowest BCUT2D eigenvalue weighted by Gasteiger charge is -2.34. The number of hydrogen-bond donors (Lipinski definition) is 2. The van der Waals surface area contributed by atoms with Crippen molar-refractivity contribution in [2.75, 3.05) is 48.3 Å². The van der Waals surface area contributed by atoms with Crippen LogP contribution in [0, 0.1) is 5.92 Å². The van der Waals surface area contributed by atoms with Crippen LogP contribution in [-0.2, 0) is 0 Å². The number of piperidine rings is 1. The predicted molar refractivity (Wildman–Crippen MR) is 84.9 cm³/mol. The third kappa shape index (κ3) is 3.53. The van der Waals surface area contributed by atoms with Crippen molar-refractivity contribution in [2.24, 2.45) is 5.92 Å². The van der Waals surface area contributed by atoms with E-state index >= 15 is 0 Å². The molecule has 0 aliphatic carbocycles. The van der Waals surface area contributed by atoms with E-state index in [-0.39, 0.29) is 6.10 Å². The molecule has 2 heterocycles. The molecule has 1 fully saturated rings. The smallest absolute Gasteiger partial charge is 0.232 e. The number of aromatic nitrogens is 3. The Morgan fingerprint density at radius 3 is 2.57 bits per heavy atom. The minimum atomic E-state index is -0.328. The lowest BCUT2D eigenvalue weighted by Crippen LogP contribution is -2.44. The van der Waals surface area contributed by atoms with Crippen LogP contribution < -0.4 is 15.1 Å². The van der Waals surface area contributed by atoms with Gasteiger partial charge >= 0.3 is 0 Å². The first-order valence-corrected chi connectivity index (χ1v) is 7.70. The maximum absolute atomic E-state index is 10.1. The molecule has 7 heteroatoms. The van der Waals surface area contributed by atoms with Crippen LogP contribution in [0.25, 0.3) is 0 Å². The molecule has 0 radical (unpaired) electrons. The molecule has 0 amide bonds. The molecule has 1 saturated heterocycles. The van der Waals surface area contributed by atoms with Gasteiger partial charge in [-0.2, -0.15) is 15.0 Å². The number of nitrogens with zero attached hydrogens (tertiary/aromatic N) is 5. The van der Waals surface area contributed by atoms with Gasteiger partial charge in [0.1, 0.15) is 0 Å². The Hall–Kier alpha value is -1.63. The van der Waals surface area contributed by atoms with Gasteiger partial charge in [-0.05, 0) is 26.2 Å². The second kappa shape index (κ2) is 6.89. The van der Waals surface area contributed by atoms with Crippen molar-refractivity contribution in [3.05, 3.63) is 0 Å². The SMILES string of the molecule is CCN(CC)c1nc(NC)nc(N2CCC(C)C(O)C2)n1. The van der Waals surface area contributed by atoms with Gasteiger partial charge in [-0.1, -0.05) is 6.92 Å². The number of aliphatic hydroxyl groups excluding tert-OH is 1. The van der Waals surface area contributed by atoms with Crippen molar-refractivity contribution in [1.82, 2.24) is 15.0 Å². The van der Waals surface area contributed by atoms with Gasteiger partial charge in [0.2, 0.25) is 17.8 Å². The summed E-state index contributed by atoms with van der Waals surface area (Å²) in [4.78, 5) is 17.6. The number of rotatable bonds is 5. The minimum absolute atomic E-state index is 0.328. The van der Waals surface area contributed by atoms with Crippen LogP contribution in [0.4, 0.5) is 17.8 Å². The van der Waals surface area contributed by atoms with Crippen LogP contribution in [0.5, 0.6) is 0 Å². The van der Waals surface area contributed by atoms with E-state index in [9.17, 15) is 5.11 Å². The average molecular weight is 294 g/mol. The standard InChI is InChI=1S/C14H26N6O/c1-5-19(6-2)13-16-12(15-4)17-14(18-13)20-8-7-10(3)11(21)9-20/h10-11,21H,5-9H2,1-4H3,(H,15,16,17,18). The highest BCUT2D eigenvalue weighted by atomic mass is 16.3. The quantitative estimate of drug-likeness (QED) is 0.837. The topological polar surface area (TPSA) is 77.4 Å². The number of anilines is 3. The normalized spacial score (nSPS) is 22.2. The molecular weight excluding hydrogens is 268 g/mol. The number of aliphatic hydroxyl groups is 1. The summed E-state index contributed by atoms with van der Waals surface area (Å²) in [6, 6.07) is 0. The van der Waals surface area contributed by atoms with E-state index in [0.29, 0.717) is 30.3 Å². The second-order valence-electron chi connectivity index (χ2n) is 5.46. The molecule has 2 N–H and O–H groups in total. The summed E-state index contributed by atoms with van der Waals surface area (Å²) in [6.07, 6.45) is 0.618. The van der Waals surface area contributed by atoms with E-state index in [0.717, 1.165) is 26.1 Å². The molecule has 2 unspecified atom stereocenters. The summed E-state index contributed by atoms with van der Waals surface area (Å²) in [7, 11) is 1.80. The van der Waals surface area contributed by atoms with Gasteiger partial charge in [0.15, 0.2) is 0 Å². The van der Waals surface area contributed by atoms with Crippen LogP contribution in [0.2, 0.25) is 0 Å². The van der Waals surface area contributed by atoms with Gasteiger partial charge in [0.25, 0.3) is 0 Å². The Morgan fingerprint density at radius 1 is 1.29 bits per heavy atom. The van der Waals surface area contributed by atoms with Gasteiger partial charge < -0.3 is 20.2 Å². The number of β-amino-alcohol motifs (C(OH)–C–C–N with tert-alkyl or cyclic N) is 1. The van der Waals surface area contributed by atoms with Gasteiger partial charge in [-0.25, -0.2) is 0 Å². The predicted octanol–water partition coefficient (Wildman–Crippen LogP) is 0.967. The van der Waals surface area contributed by atoms with Crippen LogP contribution in [-0.4, -0.2) is 59.4 Å². The fraction of sp³-hybridized carbons (Fsp3) is 0.786. The van der Waals surface area contributed by atoms with E-state index in [1.54, 1.807) is 7.05 Å². The summed E-state index contributed by atoms with van der Waals surface area (Å²) in [5.74, 6) is 2.22. The molecule has 0 saturated carbocycles. The first kappa shape index (κ1) is 15.8. The highest BCUT2D eigenvalue weighted by Gasteiger charge is 2.26. The van der Waals surface area contributed by atoms with Gasteiger partial charge in [0, 0.05) is 33.2 Å². The van der Waals surface area contributed by atoms with Gasteiger partial charge in [-0.15, -0.1) is 0 Å². The van der Waals surface area contributed by atoms with E-state index in [2.05, 4.69) is 45.9 Å². The van der Waals surface area contributed by atoms with Crippen LogP contribution in [0.3, 0.4) is 0 Å². The summed E-state index contributed by atoms with van der Waals surface area (Å²) >= 11 is 0. The van der Waals surface area contributed by atoms with Gasteiger partial charge in [-0.3, -0.25) is 0 Å². The van der Waals surface area contributed by atoms with Crippen molar-refractivity contribution in [2.45, 2.75) is 33.3 Å². The zero-order valence-corrected chi connectivity index (χ0v) is 13.4. The lowest BCUT2D eigenvalue weighted by molar-refractivity contribution is 0.102. The zero-order chi connectivity index (χ0) is 15.4. The first-order valence-electron chi connectivity index (χ1n) is 7.70. The molecule has 118 valence electrons. The molecule has 2 rings (SSSR count). The molecule has 0 bridgehead atoms. The Balaban J connectivity index is 2.28. The van der Waals surface area contributed by atoms with E-state index in [1.165, 1.54) is 0 Å². The van der Waals surface area contributed by atoms with Crippen molar-refractivity contribution >= 4 is 17.8 Å². The number of nitrogens with one attached hydrogen (secondary N) is 1. The van der Waals surface area contributed by atoms with Crippen LogP contribution in [0.1, 0.15) is 27.2 Å². The molecular formula is C14H26N6O. The molecule has 0 aromatic carbocycles. The lowest BCUT2D eigenvalue weighted by atomic mass is 9.96. The molecule has 7 nitrogen and oxygen atoms in total. The molecule has 2 atom stereocenters. The van der Waals surface area contributed by atoms with E-state index < -0.39 is 0 Å². The summed E-state index contributed by atoms with van der Waals surface area (Å²) in [6.45, 7) is 9.38. The highest BCUT2D eigenvalue weighted by molar-refractivity contribution is 5.45. The van der Waals surface area contributed by atoms with Crippen molar-refractivity contribution in [3.8, 4) is 0 Å². The molecule has 1 aliphatic rings. The molecule has 1 aromatic rings. The largest absolute Gasteiger partial charge is 0.391 e. The highest BCUT2D eigenvalue weighted by Crippen LogP contribution is 2.23. The minimum Gasteiger partial charge on any atom is -0.391 e. The number of hydrogen-bond acceptors (Lipinski definition) is 7. The third-order valence-corrected chi connectivity index (χ3v) is 4.08. The fourth-order valence-corrected chi connectivity index (χ4v) is 2.49. The maximum atomic E-state index is 10.1. The molecule has 1 aliphatic heterocycles. The van der Waals surface area contributed by atoms with Crippen molar-refractivity contribution < 1.29 is 5.11 Å². The Labute approximate surface area is 126 Å². The first-order chi connectivity index (χ1) is 10.1. The summed E-state index contributed by atoms with van der Waals surface area (Å²) in [5.41, 5.74) is 0. The van der Waals surface area contributed by atoms with Crippen molar-refractivity contribution in [1.29, 1.82) is 0 Å². The van der Waals surface area contributed by atoms with E-state index in [4.69, 9.17) is 0 Å². The third-order valence-electron chi connectivity index (χ3n) is 4.08. The fourth-order valence-electron chi connectivity index (χ4n) is 2.49. The maximum Gasteiger partial charge on any atom is 0.232 e. The second-order valence-corrected chi connectivity index (χ2v) is 5.46. The zero-order valence-electron chi connectivity index (χ0n) is 13.4. The average Bonchev–Trinajstić information content (AvgIpc) is 2.51.